The molecule has 0 radical (unpaired) electrons. The third kappa shape index (κ3) is 6.48. The number of amides is 2. The van der Waals surface area contributed by atoms with Crippen molar-refractivity contribution in [1.82, 2.24) is 5.32 Å². The smallest absolute Gasteiger partial charge is 0.289 e. The zero-order chi connectivity index (χ0) is 28.3. The van der Waals surface area contributed by atoms with Gasteiger partial charge in [0.1, 0.15) is 18.5 Å². The van der Waals surface area contributed by atoms with Crippen LogP contribution in [0.2, 0.25) is 0 Å². The number of benzene rings is 3. The van der Waals surface area contributed by atoms with E-state index in [0.29, 0.717) is 37.7 Å². The second-order valence-electron chi connectivity index (χ2n) is 10.9. The van der Waals surface area contributed by atoms with Crippen molar-refractivity contribution in [2.24, 2.45) is 10.7 Å². The Morgan fingerprint density at radius 2 is 1.93 bits per heavy atom. The Kier molecular flexibility index (Phi) is 7.84. The molecule has 1 atom stereocenters. The normalized spacial score (nSPS) is 17.0. The average molecular weight is 544 g/mol. The molecule has 2 heterocycles. The van der Waals surface area contributed by atoms with E-state index in [2.05, 4.69) is 15.6 Å². The molecule has 40 heavy (non-hydrogen) atoms. The predicted molar refractivity (Wildman–Crippen MR) is 154 cm³/mol. The molecular formula is C31H34FN5O3. The molecule has 4 N–H and O–H groups in total. The molecule has 9 heteroatoms. The number of aryl methyl sites for hydroxylation is 1. The lowest BCUT2D eigenvalue weighted by atomic mass is 10.0. The predicted octanol–water partition coefficient (Wildman–Crippen LogP) is 4.38. The van der Waals surface area contributed by atoms with E-state index in [9.17, 15) is 14.0 Å². The van der Waals surface area contributed by atoms with Crippen molar-refractivity contribution in [2.45, 2.75) is 51.2 Å². The number of nitrogens with one attached hydrogen (secondary N) is 2. The van der Waals surface area contributed by atoms with Crippen molar-refractivity contribution in [3.05, 3.63) is 83.7 Å². The van der Waals surface area contributed by atoms with Crippen LogP contribution in [-0.4, -0.2) is 42.6 Å². The van der Waals surface area contributed by atoms with Crippen LogP contribution >= 0.6 is 0 Å². The fourth-order valence-electron chi connectivity index (χ4n) is 5.05. The number of ether oxygens (including phenoxy) is 1. The van der Waals surface area contributed by atoms with Gasteiger partial charge in [0.25, 0.3) is 6.02 Å². The quantitative estimate of drug-likeness (QED) is 0.410. The number of carbonyl (C=O) groups excluding carboxylic acids is 2. The van der Waals surface area contributed by atoms with E-state index in [1.807, 2.05) is 48.5 Å². The van der Waals surface area contributed by atoms with Gasteiger partial charge >= 0.3 is 0 Å². The highest BCUT2D eigenvalue weighted by molar-refractivity contribution is 6.00. The van der Waals surface area contributed by atoms with Crippen LogP contribution < -0.4 is 21.3 Å². The van der Waals surface area contributed by atoms with Gasteiger partial charge in [0, 0.05) is 23.2 Å². The molecule has 2 aliphatic heterocycles. The molecule has 0 aliphatic carbocycles. The maximum Gasteiger partial charge on any atom is 0.289 e. The topological polar surface area (TPSA) is 109 Å². The summed E-state index contributed by atoms with van der Waals surface area (Å²) in [6.45, 7) is 5.01. The van der Waals surface area contributed by atoms with Crippen LogP contribution in [0.4, 0.5) is 15.8 Å². The fourth-order valence-corrected chi connectivity index (χ4v) is 5.05. The summed E-state index contributed by atoms with van der Waals surface area (Å²) >= 11 is 0. The Balaban J connectivity index is 1.38. The molecular weight excluding hydrogens is 509 g/mol. The summed E-state index contributed by atoms with van der Waals surface area (Å²) in [4.78, 5) is 32.3. The van der Waals surface area contributed by atoms with E-state index in [1.54, 1.807) is 24.8 Å². The van der Waals surface area contributed by atoms with Gasteiger partial charge in [-0.15, -0.1) is 0 Å². The number of rotatable bonds is 7. The molecule has 2 aliphatic rings. The van der Waals surface area contributed by atoms with Gasteiger partial charge in [-0.1, -0.05) is 42.5 Å². The molecule has 5 rings (SSSR count). The number of hydrogen-bond donors (Lipinski definition) is 3. The Morgan fingerprint density at radius 1 is 1.15 bits per heavy atom. The molecule has 0 aromatic heterocycles. The van der Waals surface area contributed by atoms with Crippen LogP contribution in [0.3, 0.4) is 0 Å². The first-order valence-electron chi connectivity index (χ1n) is 13.5. The fraction of sp³-hybridized carbons (Fsp3) is 0.323. The minimum absolute atomic E-state index is 0.0929. The minimum Gasteiger partial charge on any atom is -0.463 e. The molecule has 0 saturated carbocycles. The maximum absolute atomic E-state index is 14.1. The maximum atomic E-state index is 14.1. The molecule has 3 aromatic carbocycles. The summed E-state index contributed by atoms with van der Waals surface area (Å²) in [5.41, 5.74) is 10.5. The molecule has 0 unspecified atom stereocenters. The Bertz CT molecular complexity index is 1430. The third-order valence-electron chi connectivity index (χ3n) is 6.91. The molecule has 0 fully saturated rings. The molecule has 208 valence electrons. The highest BCUT2D eigenvalue weighted by atomic mass is 19.1. The average Bonchev–Trinajstić information content (AvgIpc) is 3.38. The molecule has 2 amide bonds. The van der Waals surface area contributed by atoms with Crippen LogP contribution in [-0.2, 0) is 27.3 Å². The summed E-state index contributed by atoms with van der Waals surface area (Å²) in [6, 6.07) is 20.1. The van der Waals surface area contributed by atoms with Crippen molar-refractivity contribution in [3.63, 3.8) is 0 Å². The van der Waals surface area contributed by atoms with E-state index < -0.39 is 11.6 Å². The first kappa shape index (κ1) is 27.3. The third-order valence-corrected chi connectivity index (χ3v) is 6.91. The standard InChI is InChI=1S/C31H34FN5O3/c1-31(2,33)18-28(38)35-26-13-11-22-17-23(32)12-14-27(22)37(29(26)39)19-20-7-9-21(10-8-20)24-5-3-4-6-25(24)36-30-34-15-16-40-30/h3-10,12,14,17,26H,11,13,15-16,18-19,33H2,1-2H3,(H,34,36)(H,35,38)/t26-/m1/s1. The number of nitrogens with two attached hydrogens (primary N) is 1. The van der Waals surface area contributed by atoms with Crippen molar-refractivity contribution in [2.75, 3.05) is 23.4 Å². The number of halogens is 1. The zero-order valence-electron chi connectivity index (χ0n) is 22.7. The van der Waals surface area contributed by atoms with E-state index in [4.69, 9.17) is 10.5 Å². The molecule has 0 bridgehead atoms. The van der Waals surface area contributed by atoms with Crippen molar-refractivity contribution >= 4 is 29.2 Å². The van der Waals surface area contributed by atoms with E-state index in [-0.39, 0.29) is 30.6 Å². The van der Waals surface area contributed by atoms with Crippen molar-refractivity contribution in [3.8, 4) is 11.1 Å². The van der Waals surface area contributed by atoms with Crippen LogP contribution in [0.15, 0.2) is 71.7 Å². The van der Waals surface area contributed by atoms with Gasteiger partial charge in [-0.2, -0.15) is 0 Å². The summed E-state index contributed by atoms with van der Waals surface area (Å²) in [5, 5.41) is 6.12. The summed E-state index contributed by atoms with van der Waals surface area (Å²) in [6.07, 6.45) is 0.930. The van der Waals surface area contributed by atoms with E-state index in [1.165, 1.54) is 12.1 Å². The number of hydrogen-bond acceptors (Lipinski definition) is 6. The van der Waals surface area contributed by atoms with E-state index >= 15 is 0 Å². The summed E-state index contributed by atoms with van der Waals surface area (Å²) in [5.74, 6) is -0.873. The van der Waals surface area contributed by atoms with Crippen LogP contribution in [0.5, 0.6) is 0 Å². The molecule has 0 saturated heterocycles. The Morgan fingerprint density at radius 3 is 2.65 bits per heavy atom. The lowest BCUT2D eigenvalue weighted by Gasteiger charge is -2.27. The largest absolute Gasteiger partial charge is 0.463 e. The number of para-hydroxylation sites is 1. The number of nitrogens with zero attached hydrogens (tertiary/aromatic N) is 2. The molecule has 8 nitrogen and oxygen atoms in total. The van der Waals surface area contributed by atoms with Crippen molar-refractivity contribution in [1.29, 1.82) is 0 Å². The van der Waals surface area contributed by atoms with Crippen LogP contribution in [0.1, 0.15) is 37.8 Å². The van der Waals surface area contributed by atoms with Gasteiger partial charge < -0.3 is 26.0 Å². The number of carbonyl (C=O) groups is 2. The van der Waals surface area contributed by atoms with Gasteiger partial charge in [0.2, 0.25) is 11.8 Å². The van der Waals surface area contributed by atoms with Gasteiger partial charge in [0.15, 0.2) is 0 Å². The lowest BCUT2D eigenvalue weighted by molar-refractivity contribution is -0.128. The SMILES string of the molecule is CC(C)(N)CC(=O)N[C@@H]1CCc2cc(F)ccc2N(Cc2ccc(-c3ccccc3NC3=NCCO3)cc2)C1=O. The second kappa shape index (κ2) is 11.5. The van der Waals surface area contributed by atoms with E-state index in [0.717, 1.165) is 27.9 Å². The van der Waals surface area contributed by atoms with Crippen molar-refractivity contribution < 1.29 is 18.7 Å². The minimum atomic E-state index is -0.733. The second-order valence-corrected chi connectivity index (χ2v) is 10.9. The molecule has 3 aromatic rings. The first-order valence-corrected chi connectivity index (χ1v) is 13.5. The van der Waals surface area contributed by atoms with Gasteiger partial charge in [-0.05, 0) is 67.6 Å². The molecule has 0 spiro atoms. The summed E-state index contributed by atoms with van der Waals surface area (Å²) < 4.78 is 19.6. The van der Waals surface area contributed by atoms with Gasteiger partial charge in [-0.25, -0.2) is 9.38 Å². The number of aliphatic imine (C=N–C) groups is 1. The number of amidine groups is 1. The number of fused-ring (bicyclic) bond motifs is 1. The highest BCUT2D eigenvalue weighted by Crippen LogP contribution is 2.32. The first-order chi connectivity index (χ1) is 19.2. The van der Waals surface area contributed by atoms with Gasteiger partial charge in [-0.3, -0.25) is 9.59 Å². The Hall–Kier alpha value is -4.24. The zero-order valence-corrected chi connectivity index (χ0v) is 22.7. The Labute approximate surface area is 233 Å². The highest BCUT2D eigenvalue weighted by Gasteiger charge is 2.32. The number of anilines is 2. The van der Waals surface area contributed by atoms with Gasteiger partial charge in [0.05, 0.1) is 18.8 Å². The summed E-state index contributed by atoms with van der Waals surface area (Å²) in [7, 11) is 0. The van der Waals surface area contributed by atoms with Crippen LogP contribution in [0.25, 0.3) is 11.1 Å². The van der Waals surface area contributed by atoms with Crippen LogP contribution in [0, 0.1) is 5.82 Å². The monoisotopic (exact) mass is 543 g/mol. The lowest BCUT2D eigenvalue weighted by Crippen LogP contribution is -2.49.